The summed E-state index contributed by atoms with van der Waals surface area (Å²) in [6, 6.07) is 5.66. The minimum atomic E-state index is -1.09. The van der Waals surface area contributed by atoms with Crippen molar-refractivity contribution < 1.29 is 18.6 Å². The van der Waals surface area contributed by atoms with Gasteiger partial charge < -0.3 is 9.84 Å². The summed E-state index contributed by atoms with van der Waals surface area (Å²) >= 11 is 0. The van der Waals surface area contributed by atoms with E-state index in [0.29, 0.717) is 16.3 Å². The largest absolute Gasteiger partial charge is 0.508 e. The highest BCUT2D eigenvalue weighted by Crippen LogP contribution is 2.34. The number of aromatic hydroxyl groups is 1. The van der Waals surface area contributed by atoms with E-state index in [9.17, 15) is 13.9 Å². The van der Waals surface area contributed by atoms with E-state index in [0.717, 1.165) is 0 Å². The number of alkyl halides is 1. The van der Waals surface area contributed by atoms with Gasteiger partial charge in [-0.25, -0.2) is 8.78 Å². The van der Waals surface area contributed by atoms with Crippen molar-refractivity contribution in [2.75, 3.05) is 6.86 Å². The molecule has 0 heterocycles. The molecule has 0 aliphatic carbocycles. The number of halogens is 2. The first kappa shape index (κ1) is 10.7. The Morgan fingerprint density at radius 1 is 1.31 bits per heavy atom. The lowest BCUT2D eigenvalue weighted by Gasteiger charge is -2.10. The number of hydrogen-bond acceptors (Lipinski definition) is 2. The van der Waals surface area contributed by atoms with Gasteiger partial charge in [-0.1, -0.05) is 6.07 Å². The molecule has 84 valence electrons. The standard InChI is InChI=1S/C12H10F2O2/c1-7-4-9(15)5-8-2-3-10(14)12(11(7)8)16-6-13/h2-5,15H,6H2,1H3. The van der Waals surface area contributed by atoms with Crippen molar-refractivity contribution in [1.29, 1.82) is 0 Å². The molecular formula is C12H10F2O2. The zero-order chi connectivity index (χ0) is 11.7. The number of phenolic OH excluding ortho intramolecular Hbond substituents is 1. The molecule has 2 aromatic rings. The van der Waals surface area contributed by atoms with E-state index in [-0.39, 0.29) is 11.5 Å². The van der Waals surface area contributed by atoms with Crippen molar-refractivity contribution in [2.24, 2.45) is 0 Å². The van der Waals surface area contributed by atoms with Crippen LogP contribution in [-0.4, -0.2) is 12.0 Å². The van der Waals surface area contributed by atoms with Crippen LogP contribution in [0.15, 0.2) is 24.3 Å². The van der Waals surface area contributed by atoms with E-state index in [1.807, 2.05) is 0 Å². The molecule has 0 aromatic heterocycles. The van der Waals surface area contributed by atoms with Gasteiger partial charge in [0.2, 0.25) is 6.86 Å². The van der Waals surface area contributed by atoms with Crippen molar-refractivity contribution in [3.63, 3.8) is 0 Å². The fourth-order valence-corrected chi connectivity index (χ4v) is 1.79. The molecule has 0 fully saturated rings. The maximum Gasteiger partial charge on any atom is 0.228 e. The van der Waals surface area contributed by atoms with E-state index < -0.39 is 12.7 Å². The van der Waals surface area contributed by atoms with Crippen molar-refractivity contribution >= 4 is 10.8 Å². The van der Waals surface area contributed by atoms with Crippen molar-refractivity contribution in [1.82, 2.24) is 0 Å². The molecule has 0 radical (unpaired) electrons. The lowest BCUT2D eigenvalue weighted by molar-refractivity contribution is 0.187. The van der Waals surface area contributed by atoms with Crippen LogP contribution in [0.25, 0.3) is 10.8 Å². The first-order chi connectivity index (χ1) is 7.63. The van der Waals surface area contributed by atoms with E-state index >= 15 is 0 Å². The quantitative estimate of drug-likeness (QED) is 0.848. The van der Waals surface area contributed by atoms with Crippen LogP contribution in [0.5, 0.6) is 11.5 Å². The fraction of sp³-hybridized carbons (Fsp3) is 0.167. The Kier molecular flexibility index (Phi) is 2.64. The molecule has 0 aliphatic rings. The summed E-state index contributed by atoms with van der Waals surface area (Å²) in [6.45, 7) is 0.614. The van der Waals surface area contributed by atoms with Gasteiger partial charge in [0.15, 0.2) is 11.6 Å². The van der Waals surface area contributed by atoms with E-state index in [1.54, 1.807) is 6.92 Å². The molecule has 0 spiro atoms. The van der Waals surface area contributed by atoms with Crippen molar-refractivity contribution in [3.05, 3.63) is 35.6 Å². The minimum absolute atomic E-state index is 0.0859. The third-order valence-electron chi connectivity index (χ3n) is 2.40. The molecule has 0 saturated heterocycles. The second-order valence-electron chi connectivity index (χ2n) is 3.49. The molecular weight excluding hydrogens is 214 g/mol. The molecule has 16 heavy (non-hydrogen) atoms. The van der Waals surface area contributed by atoms with E-state index in [2.05, 4.69) is 4.74 Å². The highest BCUT2D eigenvalue weighted by Gasteiger charge is 2.12. The number of phenols is 1. The van der Waals surface area contributed by atoms with E-state index in [4.69, 9.17) is 0 Å². The van der Waals surface area contributed by atoms with Gasteiger partial charge >= 0.3 is 0 Å². The first-order valence-electron chi connectivity index (χ1n) is 4.74. The summed E-state index contributed by atoms with van der Waals surface area (Å²) in [5.74, 6) is -0.640. The maximum absolute atomic E-state index is 13.4. The van der Waals surface area contributed by atoms with Crippen LogP contribution in [0, 0.1) is 12.7 Å². The van der Waals surface area contributed by atoms with Crippen LogP contribution in [0.2, 0.25) is 0 Å². The summed E-state index contributed by atoms with van der Waals surface area (Å²) < 4.78 is 30.2. The Labute approximate surface area is 91.1 Å². The number of aryl methyl sites for hydroxylation is 1. The number of benzene rings is 2. The number of hydrogen-bond donors (Lipinski definition) is 1. The molecule has 2 aromatic carbocycles. The zero-order valence-electron chi connectivity index (χ0n) is 8.63. The number of fused-ring (bicyclic) bond motifs is 1. The average molecular weight is 224 g/mol. The summed E-state index contributed by atoms with van der Waals surface area (Å²) in [5.41, 5.74) is 0.637. The van der Waals surface area contributed by atoms with Crippen LogP contribution < -0.4 is 4.74 Å². The molecule has 4 heteroatoms. The summed E-state index contributed by atoms with van der Waals surface area (Å²) in [6.07, 6.45) is 0. The maximum atomic E-state index is 13.4. The molecule has 2 nitrogen and oxygen atoms in total. The van der Waals surface area contributed by atoms with Gasteiger partial charge in [0.25, 0.3) is 0 Å². The Hall–Kier alpha value is -1.84. The minimum Gasteiger partial charge on any atom is -0.508 e. The Balaban J connectivity index is 2.80. The third-order valence-corrected chi connectivity index (χ3v) is 2.40. The predicted molar refractivity (Wildman–Crippen MR) is 56.9 cm³/mol. The highest BCUT2D eigenvalue weighted by molar-refractivity contribution is 5.92. The Morgan fingerprint density at radius 2 is 2.06 bits per heavy atom. The molecule has 0 aliphatic heterocycles. The van der Waals surface area contributed by atoms with Crippen LogP contribution in [0.4, 0.5) is 8.78 Å². The Bertz CT molecular complexity index is 538. The van der Waals surface area contributed by atoms with E-state index in [1.165, 1.54) is 24.3 Å². The fourth-order valence-electron chi connectivity index (χ4n) is 1.79. The second-order valence-corrected chi connectivity index (χ2v) is 3.49. The lowest BCUT2D eigenvalue weighted by atomic mass is 10.0. The van der Waals surface area contributed by atoms with Crippen LogP contribution in [-0.2, 0) is 0 Å². The molecule has 0 unspecified atom stereocenters. The van der Waals surface area contributed by atoms with Gasteiger partial charge in [-0.2, -0.15) is 0 Å². The van der Waals surface area contributed by atoms with Crippen LogP contribution in [0.3, 0.4) is 0 Å². The first-order valence-corrected chi connectivity index (χ1v) is 4.74. The monoisotopic (exact) mass is 224 g/mol. The average Bonchev–Trinajstić information content (AvgIpc) is 2.22. The SMILES string of the molecule is Cc1cc(O)cc2ccc(F)c(OCF)c12. The zero-order valence-corrected chi connectivity index (χ0v) is 8.63. The highest BCUT2D eigenvalue weighted by atomic mass is 19.1. The van der Waals surface area contributed by atoms with Gasteiger partial charge in [-0.3, -0.25) is 0 Å². The van der Waals surface area contributed by atoms with Crippen LogP contribution in [0.1, 0.15) is 5.56 Å². The normalized spacial score (nSPS) is 10.7. The van der Waals surface area contributed by atoms with Crippen molar-refractivity contribution in [2.45, 2.75) is 6.92 Å². The second kappa shape index (κ2) is 3.96. The molecule has 2 rings (SSSR count). The molecule has 1 N–H and O–H groups in total. The molecule has 0 bridgehead atoms. The molecule has 0 saturated carbocycles. The summed E-state index contributed by atoms with van der Waals surface area (Å²) in [5, 5.41) is 10.5. The van der Waals surface area contributed by atoms with Gasteiger partial charge in [0.05, 0.1) is 0 Å². The smallest absolute Gasteiger partial charge is 0.228 e. The van der Waals surface area contributed by atoms with Gasteiger partial charge in [0.1, 0.15) is 5.75 Å². The third kappa shape index (κ3) is 1.66. The lowest BCUT2D eigenvalue weighted by Crippen LogP contribution is -1.95. The van der Waals surface area contributed by atoms with Crippen molar-refractivity contribution in [3.8, 4) is 11.5 Å². The summed E-state index contributed by atoms with van der Waals surface area (Å²) in [7, 11) is 0. The van der Waals surface area contributed by atoms with Crippen LogP contribution >= 0.6 is 0 Å². The topological polar surface area (TPSA) is 29.5 Å². The number of rotatable bonds is 2. The number of ether oxygens (including phenoxy) is 1. The van der Waals surface area contributed by atoms with Gasteiger partial charge in [0, 0.05) is 5.39 Å². The van der Waals surface area contributed by atoms with Gasteiger partial charge in [-0.05, 0) is 36.1 Å². The Morgan fingerprint density at radius 3 is 2.75 bits per heavy atom. The molecule has 0 amide bonds. The predicted octanol–water partition coefficient (Wildman–Crippen LogP) is 3.30. The van der Waals surface area contributed by atoms with Gasteiger partial charge in [-0.15, -0.1) is 0 Å². The molecule has 0 atom stereocenters. The summed E-state index contributed by atoms with van der Waals surface area (Å²) in [4.78, 5) is 0.